The van der Waals surface area contributed by atoms with Gasteiger partial charge in [0.15, 0.2) is 12.2 Å². The fraction of sp³-hybridized carbons (Fsp3) is 0.714. The highest BCUT2D eigenvalue weighted by Crippen LogP contribution is 1.80. The number of rotatable bonds is 4. The van der Waals surface area contributed by atoms with E-state index in [1.54, 1.807) is 0 Å². The number of hydrogen-bond donors (Lipinski definition) is 5. The van der Waals surface area contributed by atoms with Gasteiger partial charge in [0.1, 0.15) is 0 Å². The molecule has 0 fully saturated rings. The van der Waals surface area contributed by atoms with Crippen LogP contribution in [0.5, 0.6) is 0 Å². The molecule has 0 aromatic carbocycles. The predicted molar refractivity (Wildman–Crippen MR) is 57.0 cm³/mol. The summed E-state index contributed by atoms with van der Waals surface area (Å²) in [5.41, 5.74) is 9.64. The molecule has 0 amide bonds. The summed E-state index contributed by atoms with van der Waals surface area (Å²) >= 11 is 0. The number of carbonyl (C=O) groups is 2. The van der Waals surface area contributed by atoms with Gasteiger partial charge < -0.3 is 31.5 Å². The molecule has 16 heavy (non-hydrogen) atoms. The van der Waals surface area contributed by atoms with E-state index < -0.39 is 24.1 Å². The number of ether oxygens (including phenoxy) is 1. The van der Waals surface area contributed by atoms with E-state index in [-0.39, 0.29) is 25.5 Å². The Morgan fingerprint density at radius 2 is 1.56 bits per heavy atom. The molecule has 98 valence electrons. The van der Waals surface area contributed by atoms with Crippen LogP contribution in [0.3, 0.4) is 0 Å². The first-order valence-corrected chi connectivity index (χ1v) is 3.97. The molecule has 2 atom stereocenters. The third-order valence-electron chi connectivity index (χ3n) is 1.20. The molecule has 0 aliphatic heterocycles. The maximum Gasteiger partial charge on any atom is 0.336 e. The third kappa shape index (κ3) is 11.1. The zero-order valence-corrected chi connectivity index (χ0v) is 9.51. The number of aliphatic hydroxyl groups is 2. The molecule has 0 aliphatic rings. The molecule has 0 bridgehead atoms. The van der Waals surface area contributed by atoms with Crippen LogP contribution in [0.15, 0.2) is 0 Å². The number of nitrogens with two attached hydrogens (primary N) is 2. The summed E-state index contributed by atoms with van der Waals surface area (Å²) in [5, 5.41) is 24.6. The molecular weight excluding hydrogens is 244 g/mol. The average Bonchev–Trinajstić information content (AvgIpc) is 2.26. The molecule has 8 nitrogen and oxygen atoms in total. The zero-order valence-electron chi connectivity index (χ0n) is 8.70. The molecule has 0 aliphatic carbocycles. The largest absolute Gasteiger partial charge is 0.479 e. The second-order valence-corrected chi connectivity index (χ2v) is 2.36. The van der Waals surface area contributed by atoms with Gasteiger partial charge in [-0.2, -0.15) is 0 Å². The Hall–Kier alpha value is -0.930. The Morgan fingerprint density at radius 3 is 1.62 bits per heavy atom. The summed E-state index contributed by atoms with van der Waals surface area (Å²) in [7, 11) is 1.20. The highest BCUT2D eigenvalue weighted by atomic mass is 35.5. The van der Waals surface area contributed by atoms with Crippen LogP contribution in [0.2, 0.25) is 0 Å². The number of carbonyl (C=O) groups excluding carboxylic acids is 1. The van der Waals surface area contributed by atoms with Gasteiger partial charge in [0, 0.05) is 13.1 Å². The van der Waals surface area contributed by atoms with Gasteiger partial charge in [-0.3, -0.25) is 0 Å². The first-order valence-electron chi connectivity index (χ1n) is 3.97. The summed E-state index contributed by atoms with van der Waals surface area (Å²) in [5.74, 6) is -1.96. The van der Waals surface area contributed by atoms with Crippen LogP contribution >= 0.6 is 12.4 Å². The van der Waals surface area contributed by atoms with Crippen LogP contribution in [0, 0.1) is 0 Å². The van der Waals surface area contributed by atoms with Crippen molar-refractivity contribution in [2.45, 2.75) is 12.2 Å². The number of carboxylic acids is 1. The normalized spacial score (nSPS) is 12.3. The lowest BCUT2D eigenvalue weighted by Gasteiger charge is -2.02. The molecule has 0 aromatic heterocycles. The summed E-state index contributed by atoms with van der Waals surface area (Å²) in [6, 6.07) is 0. The van der Waals surface area contributed by atoms with E-state index in [0.717, 1.165) is 0 Å². The van der Waals surface area contributed by atoms with Crippen molar-refractivity contribution in [1.29, 1.82) is 0 Å². The number of halogens is 1. The van der Waals surface area contributed by atoms with Gasteiger partial charge in [0.05, 0.1) is 7.11 Å². The number of aliphatic carboxylic acids is 1. The number of aliphatic hydroxyl groups excluding tert-OH is 2. The lowest BCUT2D eigenvalue weighted by molar-refractivity contribution is -0.149. The number of methoxy groups -OCH3 is 1. The molecule has 0 radical (unpaired) electrons. The van der Waals surface area contributed by atoms with E-state index in [0.29, 0.717) is 0 Å². The van der Waals surface area contributed by atoms with Crippen molar-refractivity contribution >= 4 is 24.3 Å². The van der Waals surface area contributed by atoms with Crippen molar-refractivity contribution < 1.29 is 29.6 Å². The molecule has 0 heterocycles. The SMILES string of the molecule is COC(=O)C(O)CN.Cl.NCC(O)C(=O)O. The van der Waals surface area contributed by atoms with Crippen LogP contribution < -0.4 is 11.5 Å². The van der Waals surface area contributed by atoms with Crippen LogP contribution in [0.25, 0.3) is 0 Å². The van der Waals surface area contributed by atoms with Gasteiger partial charge in [-0.1, -0.05) is 0 Å². The second-order valence-electron chi connectivity index (χ2n) is 2.36. The summed E-state index contributed by atoms with van der Waals surface area (Å²) in [4.78, 5) is 19.8. The minimum atomic E-state index is -1.40. The Balaban J connectivity index is -0.000000200. The minimum Gasteiger partial charge on any atom is -0.479 e. The molecular formula is C7H17ClN2O6. The van der Waals surface area contributed by atoms with Gasteiger partial charge in [0.25, 0.3) is 0 Å². The van der Waals surface area contributed by atoms with Crippen molar-refractivity contribution in [3.8, 4) is 0 Å². The monoisotopic (exact) mass is 260 g/mol. The Kier molecular flexibility index (Phi) is 15.5. The summed E-state index contributed by atoms with van der Waals surface area (Å²) in [6.07, 6.45) is -2.57. The van der Waals surface area contributed by atoms with Crippen LogP contribution in [-0.4, -0.2) is 59.7 Å². The highest BCUT2D eigenvalue weighted by molar-refractivity contribution is 5.85. The van der Waals surface area contributed by atoms with E-state index in [2.05, 4.69) is 4.74 Å². The Labute approximate surface area is 98.6 Å². The predicted octanol–water partition coefficient (Wildman–Crippen LogP) is -2.71. The molecule has 0 saturated heterocycles. The molecule has 0 aromatic rings. The van der Waals surface area contributed by atoms with Crippen molar-refractivity contribution in [2.75, 3.05) is 20.2 Å². The number of esters is 1. The van der Waals surface area contributed by atoms with Crippen molar-refractivity contribution in [3.05, 3.63) is 0 Å². The van der Waals surface area contributed by atoms with Gasteiger partial charge >= 0.3 is 11.9 Å². The van der Waals surface area contributed by atoms with E-state index >= 15 is 0 Å². The standard InChI is InChI=1S/C4H9NO3.C3H7NO3.ClH/c1-8-4(7)3(6)2-5;4-1-2(5)3(6)7;/h3,6H,2,5H2,1H3;2,5H,1,4H2,(H,6,7);1H. The Morgan fingerprint density at radius 1 is 1.19 bits per heavy atom. The quantitative estimate of drug-likeness (QED) is 0.342. The second kappa shape index (κ2) is 12.1. The van der Waals surface area contributed by atoms with Crippen molar-refractivity contribution in [2.24, 2.45) is 11.5 Å². The van der Waals surface area contributed by atoms with Gasteiger partial charge in [-0.05, 0) is 0 Å². The zero-order chi connectivity index (χ0) is 12.4. The van der Waals surface area contributed by atoms with Crippen LogP contribution in [0.4, 0.5) is 0 Å². The highest BCUT2D eigenvalue weighted by Gasteiger charge is 2.11. The Bertz CT molecular complexity index is 203. The van der Waals surface area contributed by atoms with E-state index in [9.17, 15) is 9.59 Å². The summed E-state index contributed by atoms with van der Waals surface area (Å²) < 4.78 is 4.13. The summed E-state index contributed by atoms with van der Waals surface area (Å²) in [6.45, 7) is -0.317. The van der Waals surface area contributed by atoms with Crippen molar-refractivity contribution in [1.82, 2.24) is 0 Å². The van der Waals surface area contributed by atoms with E-state index in [1.807, 2.05) is 0 Å². The van der Waals surface area contributed by atoms with Crippen LogP contribution in [0.1, 0.15) is 0 Å². The fourth-order valence-corrected chi connectivity index (χ4v) is 0.333. The van der Waals surface area contributed by atoms with E-state index in [4.69, 9.17) is 26.8 Å². The first-order chi connectivity index (χ1) is 6.90. The molecule has 0 spiro atoms. The first kappa shape index (κ1) is 20.5. The van der Waals surface area contributed by atoms with Gasteiger partial charge in [-0.25, -0.2) is 9.59 Å². The lowest BCUT2D eigenvalue weighted by atomic mass is 10.4. The van der Waals surface area contributed by atoms with E-state index in [1.165, 1.54) is 7.11 Å². The smallest absolute Gasteiger partial charge is 0.336 e. The maximum atomic E-state index is 10.2. The molecule has 7 N–H and O–H groups in total. The van der Waals surface area contributed by atoms with Crippen LogP contribution in [-0.2, 0) is 14.3 Å². The lowest BCUT2D eigenvalue weighted by Crippen LogP contribution is -2.29. The third-order valence-corrected chi connectivity index (χ3v) is 1.20. The topological polar surface area (TPSA) is 156 Å². The molecule has 9 heteroatoms. The van der Waals surface area contributed by atoms with Gasteiger partial charge in [-0.15, -0.1) is 12.4 Å². The molecule has 0 saturated carbocycles. The number of carboxylic acid groups (broad SMARTS) is 1. The van der Waals surface area contributed by atoms with Gasteiger partial charge in [0.2, 0.25) is 0 Å². The number of hydrogen-bond acceptors (Lipinski definition) is 7. The molecule has 0 rings (SSSR count). The maximum absolute atomic E-state index is 10.2. The average molecular weight is 261 g/mol. The van der Waals surface area contributed by atoms with Crippen molar-refractivity contribution in [3.63, 3.8) is 0 Å². The minimum absolute atomic E-state index is 0. The molecule has 2 unspecified atom stereocenters. The fourth-order valence-electron chi connectivity index (χ4n) is 0.333.